The van der Waals surface area contributed by atoms with Crippen LogP contribution in [-0.2, 0) is 0 Å². The van der Waals surface area contributed by atoms with Crippen LogP contribution in [0.1, 0.15) is 47.5 Å². The topological polar surface area (TPSA) is 0 Å². The van der Waals surface area contributed by atoms with Crippen LogP contribution >= 0.6 is 0 Å². The van der Waals surface area contributed by atoms with Gasteiger partial charge in [-0.1, -0.05) is 41.0 Å². The second kappa shape index (κ2) is 8.93. The van der Waals surface area contributed by atoms with Gasteiger partial charge in [-0.3, -0.25) is 0 Å². The summed E-state index contributed by atoms with van der Waals surface area (Å²) >= 11 is 0. The average Bonchev–Trinajstić information content (AvgIpc) is 2.05. The average molecular weight is 148 g/mol. The van der Waals surface area contributed by atoms with Gasteiger partial charge >= 0.3 is 0 Å². The predicted molar refractivity (Wildman–Crippen MR) is 46.0 cm³/mol. The van der Waals surface area contributed by atoms with E-state index in [0.717, 1.165) is 6.42 Å². The molecule has 10 heavy (non-hydrogen) atoms. The van der Waals surface area contributed by atoms with E-state index in [0.29, 0.717) is 6.42 Å². The summed E-state index contributed by atoms with van der Waals surface area (Å²) in [6.45, 7) is 9.86. The van der Waals surface area contributed by atoms with Crippen LogP contribution < -0.4 is 0 Å². The van der Waals surface area contributed by atoms with Crippen molar-refractivity contribution in [1.29, 1.82) is 0 Å². The van der Waals surface area contributed by atoms with Crippen molar-refractivity contribution in [3.05, 3.63) is 0 Å². The predicted octanol–water partition coefficient (Wildman–Crippen LogP) is 3.81. The maximum absolute atomic E-state index is 12.5. The molecular weight excluding hydrogens is 127 g/mol. The molecule has 0 fully saturated rings. The lowest BCUT2D eigenvalue weighted by molar-refractivity contribution is 0.230. The smallest absolute Gasteiger partial charge is 0.102 e. The van der Waals surface area contributed by atoms with Crippen LogP contribution in [0.25, 0.3) is 0 Å². The van der Waals surface area contributed by atoms with E-state index in [9.17, 15) is 4.39 Å². The molecule has 0 bridgehead atoms. The number of hydrogen-bond donors (Lipinski definition) is 0. The highest BCUT2D eigenvalue weighted by Gasteiger charge is 2.10. The van der Waals surface area contributed by atoms with Crippen LogP contribution in [0.2, 0.25) is 0 Å². The van der Waals surface area contributed by atoms with Gasteiger partial charge in [-0.05, 0) is 12.3 Å². The molecule has 2 unspecified atom stereocenters. The van der Waals surface area contributed by atoms with E-state index in [1.165, 1.54) is 0 Å². The summed E-state index contributed by atoms with van der Waals surface area (Å²) in [4.78, 5) is 0. The van der Waals surface area contributed by atoms with Gasteiger partial charge in [0.25, 0.3) is 0 Å². The highest BCUT2D eigenvalue weighted by Crippen LogP contribution is 2.13. The summed E-state index contributed by atoms with van der Waals surface area (Å²) in [5.74, 6) is 0.250. The lowest BCUT2D eigenvalue weighted by Crippen LogP contribution is -2.09. The van der Waals surface area contributed by atoms with Crippen LogP contribution in [0, 0.1) is 5.92 Å². The number of alkyl halides is 1. The number of rotatable bonds is 3. The third-order valence-electron chi connectivity index (χ3n) is 1.65. The molecule has 0 N–H and O–H groups in total. The summed E-state index contributed by atoms with van der Waals surface area (Å²) in [6.07, 6.45) is 1.03. The molecule has 0 aliphatic rings. The first-order valence-electron chi connectivity index (χ1n) is 4.36. The highest BCUT2D eigenvalue weighted by atomic mass is 19.1. The van der Waals surface area contributed by atoms with E-state index < -0.39 is 6.17 Å². The molecule has 0 amide bonds. The first-order chi connectivity index (χ1) is 4.72. The van der Waals surface area contributed by atoms with Crippen molar-refractivity contribution in [3.63, 3.8) is 0 Å². The van der Waals surface area contributed by atoms with Crippen LogP contribution in [-0.4, -0.2) is 6.17 Å². The van der Waals surface area contributed by atoms with Gasteiger partial charge in [0.05, 0.1) is 0 Å². The fraction of sp³-hybridized carbons (Fsp3) is 1.00. The number of hydrogen-bond acceptors (Lipinski definition) is 0. The maximum Gasteiger partial charge on any atom is 0.102 e. The monoisotopic (exact) mass is 148 g/mol. The molecular formula is C9H21F. The third kappa shape index (κ3) is 6.06. The molecule has 0 nitrogen and oxygen atoms in total. The van der Waals surface area contributed by atoms with E-state index in [1.54, 1.807) is 0 Å². The molecule has 0 radical (unpaired) electrons. The Bertz CT molecular complexity index is 44.7. The first kappa shape index (κ1) is 12.6. The van der Waals surface area contributed by atoms with Gasteiger partial charge < -0.3 is 0 Å². The molecule has 1 heteroatoms. The second-order valence-electron chi connectivity index (χ2n) is 2.31. The Morgan fingerprint density at radius 2 is 1.50 bits per heavy atom. The zero-order valence-corrected chi connectivity index (χ0v) is 7.95. The van der Waals surface area contributed by atoms with Gasteiger partial charge in [-0.25, -0.2) is 4.39 Å². The van der Waals surface area contributed by atoms with Crippen molar-refractivity contribution in [1.82, 2.24) is 0 Å². The van der Waals surface area contributed by atoms with Crippen molar-refractivity contribution in [2.45, 2.75) is 53.6 Å². The summed E-state index contributed by atoms with van der Waals surface area (Å²) in [7, 11) is 0. The fourth-order valence-electron chi connectivity index (χ4n) is 0.658. The van der Waals surface area contributed by atoms with Gasteiger partial charge in [0.2, 0.25) is 0 Å². The lowest BCUT2D eigenvalue weighted by Gasteiger charge is -2.10. The van der Waals surface area contributed by atoms with Crippen molar-refractivity contribution in [2.75, 3.05) is 0 Å². The molecule has 0 heterocycles. The molecule has 0 aliphatic carbocycles. The summed E-state index contributed by atoms with van der Waals surface area (Å²) < 4.78 is 12.5. The fourth-order valence-corrected chi connectivity index (χ4v) is 0.658. The van der Waals surface area contributed by atoms with Crippen LogP contribution in [0.15, 0.2) is 0 Å². The van der Waals surface area contributed by atoms with Crippen molar-refractivity contribution in [2.24, 2.45) is 5.92 Å². The SMILES string of the molecule is CC.CCC(C)C(F)CC. The van der Waals surface area contributed by atoms with Gasteiger partial charge in [-0.2, -0.15) is 0 Å². The lowest BCUT2D eigenvalue weighted by atomic mass is 10.0. The Hall–Kier alpha value is -0.0700. The molecule has 64 valence electrons. The second-order valence-corrected chi connectivity index (χ2v) is 2.31. The van der Waals surface area contributed by atoms with Crippen molar-refractivity contribution in [3.8, 4) is 0 Å². The Balaban J connectivity index is 0. The van der Waals surface area contributed by atoms with E-state index in [2.05, 4.69) is 0 Å². The third-order valence-corrected chi connectivity index (χ3v) is 1.65. The molecule has 0 spiro atoms. The molecule has 0 aromatic heterocycles. The van der Waals surface area contributed by atoms with E-state index in [1.807, 2.05) is 34.6 Å². The Morgan fingerprint density at radius 1 is 1.10 bits per heavy atom. The summed E-state index contributed by atoms with van der Waals surface area (Å²) in [6, 6.07) is 0. The van der Waals surface area contributed by atoms with E-state index in [-0.39, 0.29) is 5.92 Å². The zero-order valence-electron chi connectivity index (χ0n) is 7.95. The molecule has 0 saturated carbocycles. The quantitative estimate of drug-likeness (QED) is 0.571. The highest BCUT2D eigenvalue weighted by molar-refractivity contribution is 4.59. The molecule has 0 aromatic rings. The Morgan fingerprint density at radius 3 is 1.60 bits per heavy atom. The van der Waals surface area contributed by atoms with Crippen molar-refractivity contribution < 1.29 is 4.39 Å². The summed E-state index contributed by atoms with van der Waals surface area (Å²) in [5.41, 5.74) is 0. The van der Waals surface area contributed by atoms with Crippen LogP contribution in [0.5, 0.6) is 0 Å². The largest absolute Gasteiger partial charge is 0.247 e. The minimum Gasteiger partial charge on any atom is -0.247 e. The molecule has 2 atom stereocenters. The summed E-state index contributed by atoms with van der Waals surface area (Å²) in [5, 5.41) is 0. The van der Waals surface area contributed by atoms with Gasteiger partial charge in [-0.15, -0.1) is 0 Å². The van der Waals surface area contributed by atoms with Gasteiger partial charge in [0, 0.05) is 0 Å². The molecule has 0 aliphatic heterocycles. The Labute approximate surface area is 64.8 Å². The standard InChI is InChI=1S/C7H15F.C2H6/c1-4-6(3)7(8)5-2;1-2/h6-7H,4-5H2,1-3H3;1-2H3. The molecule has 0 aromatic carbocycles. The Kier molecular flexibility index (Phi) is 11.2. The zero-order chi connectivity index (χ0) is 8.57. The van der Waals surface area contributed by atoms with Crippen LogP contribution in [0.4, 0.5) is 4.39 Å². The minimum atomic E-state index is -0.583. The van der Waals surface area contributed by atoms with Gasteiger partial charge in [0.15, 0.2) is 0 Å². The molecule has 0 rings (SSSR count). The molecule has 0 saturated heterocycles. The number of halogens is 1. The minimum absolute atomic E-state index is 0.250. The first-order valence-corrected chi connectivity index (χ1v) is 4.36. The van der Waals surface area contributed by atoms with Crippen molar-refractivity contribution >= 4 is 0 Å². The van der Waals surface area contributed by atoms with Crippen LogP contribution in [0.3, 0.4) is 0 Å². The van der Waals surface area contributed by atoms with Gasteiger partial charge in [0.1, 0.15) is 6.17 Å². The maximum atomic E-state index is 12.5. The normalized spacial score (nSPS) is 15.0. The van der Waals surface area contributed by atoms with E-state index >= 15 is 0 Å². The van der Waals surface area contributed by atoms with E-state index in [4.69, 9.17) is 0 Å².